The number of hydrogen-bond donors (Lipinski definition) is 3. The van der Waals surface area contributed by atoms with Crippen molar-refractivity contribution in [3.05, 3.63) is 54.3 Å². The van der Waals surface area contributed by atoms with Gasteiger partial charge < -0.3 is 20.9 Å². The van der Waals surface area contributed by atoms with Gasteiger partial charge in [0.05, 0.1) is 18.0 Å². The molecule has 152 valence electrons. The number of benzene rings is 2. The second kappa shape index (κ2) is 7.54. The van der Waals surface area contributed by atoms with Crippen LogP contribution in [0.4, 0.5) is 26.5 Å². The van der Waals surface area contributed by atoms with Gasteiger partial charge in [-0.15, -0.1) is 5.10 Å². The third-order valence-corrected chi connectivity index (χ3v) is 4.15. The van der Waals surface area contributed by atoms with Crippen LogP contribution in [0.5, 0.6) is 11.6 Å². The topological polar surface area (TPSA) is 143 Å². The Balaban J connectivity index is 1.80. The van der Waals surface area contributed by atoms with E-state index in [9.17, 15) is 9.18 Å². The maximum atomic E-state index is 14.0. The lowest BCUT2D eigenvalue weighted by atomic mass is 10.2. The molecule has 4 aromatic rings. The Labute approximate surface area is 169 Å². The van der Waals surface area contributed by atoms with Gasteiger partial charge in [-0.25, -0.2) is 9.18 Å². The minimum absolute atomic E-state index is 0.0184. The lowest BCUT2D eigenvalue weighted by Gasteiger charge is -2.10. The Morgan fingerprint density at radius 1 is 1.07 bits per heavy atom. The highest BCUT2D eigenvalue weighted by atomic mass is 19.1. The fourth-order valence-electron chi connectivity index (χ4n) is 2.76. The molecule has 0 unspecified atom stereocenters. The van der Waals surface area contributed by atoms with Crippen LogP contribution >= 0.6 is 0 Å². The molecule has 5 N–H and O–H groups in total. The number of anilines is 3. The molecule has 4 rings (SSSR count). The van der Waals surface area contributed by atoms with Crippen molar-refractivity contribution in [1.29, 1.82) is 0 Å². The fraction of sp³-hybridized carbons (Fsp3) is 0.0526. The zero-order valence-electron chi connectivity index (χ0n) is 15.7. The van der Waals surface area contributed by atoms with Crippen LogP contribution in [0.1, 0.15) is 0 Å². The van der Waals surface area contributed by atoms with Crippen molar-refractivity contribution in [3.8, 4) is 17.6 Å². The zero-order chi connectivity index (χ0) is 21.3. The third-order valence-electron chi connectivity index (χ3n) is 4.15. The number of nitrogen functional groups attached to an aromatic ring is 2. The van der Waals surface area contributed by atoms with Crippen molar-refractivity contribution in [2.24, 2.45) is 0 Å². The highest BCUT2D eigenvalue weighted by molar-refractivity contribution is 5.92. The molecule has 0 bridgehead atoms. The van der Waals surface area contributed by atoms with E-state index in [4.69, 9.17) is 16.2 Å². The van der Waals surface area contributed by atoms with Crippen molar-refractivity contribution in [1.82, 2.24) is 19.7 Å². The van der Waals surface area contributed by atoms with E-state index in [2.05, 4.69) is 25.1 Å². The van der Waals surface area contributed by atoms with Crippen LogP contribution < -0.4 is 21.5 Å². The first-order valence-corrected chi connectivity index (χ1v) is 8.66. The molecule has 0 aliphatic heterocycles. The molecule has 0 spiro atoms. The van der Waals surface area contributed by atoms with Crippen molar-refractivity contribution < 1.29 is 18.7 Å². The van der Waals surface area contributed by atoms with Crippen molar-refractivity contribution in [2.75, 3.05) is 23.9 Å². The summed E-state index contributed by atoms with van der Waals surface area (Å²) in [5, 5.41) is 7.32. The number of aromatic nitrogens is 4. The SMILES string of the molecule is COC(=O)Nc1c(N)nc(-n2nc(Oc3ccccc3F)c3ccccc32)nc1N. The summed E-state index contributed by atoms with van der Waals surface area (Å²) in [5.41, 5.74) is 12.5. The second-order valence-corrected chi connectivity index (χ2v) is 6.05. The first-order chi connectivity index (χ1) is 14.5. The van der Waals surface area contributed by atoms with E-state index in [0.29, 0.717) is 10.9 Å². The lowest BCUT2D eigenvalue weighted by molar-refractivity contribution is 0.187. The number of halogens is 1. The average Bonchev–Trinajstić information content (AvgIpc) is 3.10. The number of carbonyl (C=O) groups excluding carboxylic acids is 1. The highest BCUT2D eigenvalue weighted by Gasteiger charge is 2.19. The molecule has 0 saturated carbocycles. The maximum absolute atomic E-state index is 14.0. The van der Waals surface area contributed by atoms with Crippen LogP contribution in [0.25, 0.3) is 16.9 Å². The minimum Gasteiger partial charge on any atom is -0.453 e. The molecular weight excluding hydrogens is 393 g/mol. The predicted octanol–water partition coefficient (Wildman–Crippen LogP) is 3.09. The Morgan fingerprint density at radius 3 is 2.43 bits per heavy atom. The number of methoxy groups -OCH3 is 1. The van der Waals surface area contributed by atoms with E-state index < -0.39 is 11.9 Å². The standard InChI is InChI=1S/C19H16FN7O3/c1-29-19(28)23-14-15(21)24-18(25-16(14)22)27-12-8-4-2-6-10(12)17(26-27)30-13-9-5-3-7-11(13)20/h2-9H,1H3,(H,23,28)(H4,21,22,24,25). The normalized spacial score (nSPS) is 10.7. The minimum atomic E-state index is -0.769. The maximum Gasteiger partial charge on any atom is 0.411 e. The van der Waals surface area contributed by atoms with Crippen molar-refractivity contribution in [3.63, 3.8) is 0 Å². The van der Waals surface area contributed by atoms with Crippen LogP contribution in [0.2, 0.25) is 0 Å². The molecule has 11 heteroatoms. The summed E-state index contributed by atoms with van der Waals surface area (Å²) < 4.78 is 25.6. The number of para-hydroxylation sites is 2. The van der Waals surface area contributed by atoms with Gasteiger partial charge in [-0.05, 0) is 24.3 Å². The molecule has 0 aliphatic rings. The second-order valence-electron chi connectivity index (χ2n) is 6.05. The van der Waals surface area contributed by atoms with Gasteiger partial charge in [0.2, 0.25) is 5.88 Å². The molecule has 0 atom stereocenters. The number of carbonyl (C=O) groups is 1. The quantitative estimate of drug-likeness (QED) is 0.466. The lowest BCUT2D eigenvalue weighted by Crippen LogP contribution is -2.17. The third kappa shape index (κ3) is 3.39. The van der Waals surface area contributed by atoms with E-state index in [1.807, 2.05) is 0 Å². The number of ether oxygens (including phenoxy) is 2. The zero-order valence-corrected chi connectivity index (χ0v) is 15.7. The summed E-state index contributed by atoms with van der Waals surface area (Å²) in [6.45, 7) is 0. The molecule has 2 aromatic carbocycles. The van der Waals surface area contributed by atoms with E-state index >= 15 is 0 Å². The Hall–Kier alpha value is -4.41. The Bertz CT molecular complexity index is 1240. The van der Waals surface area contributed by atoms with Gasteiger partial charge >= 0.3 is 6.09 Å². The van der Waals surface area contributed by atoms with Gasteiger partial charge in [0, 0.05) is 0 Å². The number of nitrogens with one attached hydrogen (secondary N) is 1. The van der Waals surface area contributed by atoms with E-state index in [1.165, 1.54) is 23.9 Å². The summed E-state index contributed by atoms with van der Waals surface area (Å²) in [6.07, 6.45) is -0.769. The van der Waals surface area contributed by atoms with Crippen molar-refractivity contribution in [2.45, 2.75) is 0 Å². The smallest absolute Gasteiger partial charge is 0.411 e. The van der Waals surface area contributed by atoms with E-state index in [1.54, 1.807) is 36.4 Å². The van der Waals surface area contributed by atoms with Gasteiger partial charge in [-0.1, -0.05) is 24.3 Å². The number of nitrogens with zero attached hydrogens (tertiary/aromatic N) is 4. The molecule has 0 saturated heterocycles. The molecule has 30 heavy (non-hydrogen) atoms. The summed E-state index contributed by atoms with van der Waals surface area (Å²) in [5.74, 6) is -0.490. The summed E-state index contributed by atoms with van der Waals surface area (Å²) >= 11 is 0. The average molecular weight is 409 g/mol. The molecule has 0 radical (unpaired) electrons. The molecule has 0 fully saturated rings. The highest BCUT2D eigenvalue weighted by Crippen LogP contribution is 2.32. The van der Waals surface area contributed by atoms with Gasteiger partial charge in [0.1, 0.15) is 5.69 Å². The molecule has 10 nitrogen and oxygen atoms in total. The summed E-state index contributed by atoms with van der Waals surface area (Å²) in [4.78, 5) is 19.8. The molecule has 1 amide bonds. The number of rotatable bonds is 4. The number of hydrogen-bond acceptors (Lipinski definition) is 8. The van der Waals surface area contributed by atoms with E-state index in [-0.39, 0.29) is 34.9 Å². The van der Waals surface area contributed by atoms with Crippen LogP contribution in [-0.4, -0.2) is 33.0 Å². The largest absolute Gasteiger partial charge is 0.453 e. The first kappa shape index (κ1) is 18.9. The van der Waals surface area contributed by atoms with Crippen molar-refractivity contribution >= 4 is 34.3 Å². The summed E-state index contributed by atoms with van der Waals surface area (Å²) in [6, 6.07) is 13.1. The van der Waals surface area contributed by atoms with Gasteiger partial charge in [-0.3, -0.25) is 5.32 Å². The van der Waals surface area contributed by atoms with Crippen LogP contribution in [0, 0.1) is 5.82 Å². The predicted molar refractivity (Wildman–Crippen MR) is 108 cm³/mol. The fourth-order valence-corrected chi connectivity index (χ4v) is 2.76. The summed E-state index contributed by atoms with van der Waals surface area (Å²) in [7, 11) is 1.20. The Kier molecular flexibility index (Phi) is 4.76. The van der Waals surface area contributed by atoms with Gasteiger partial charge in [0.15, 0.2) is 23.2 Å². The van der Waals surface area contributed by atoms with Crippen LogP contribution in [0.15, 0.2) is 48.5 Å². The van der Waals surface area contributed by atoms with Gasteiger partial charge in [-0.2, -0.15) is 14.6 Å². The first-order valence-electron chi connectivity index (χ1n) is 8.66. The number of nitrogens with two attached hydrogens (primary N) is 2. The van der Waals surface area contributed by atoms with Crippen LogP contribution in [-0.2, 0) is 4.74 Å². The molecule has 2 heterocycles. The Morgan fingerprint density at radius 2 is 1.73 bits per heavy atom. The molecule has 2 aromatic heterocycles. The molecule has 0 aliphatic carbocycles. The molecular formula is C19H16FN7O3. The van der Waals surface area contributed by atoms with Crippen LogP contribution in [0.3, 0.4) is 0 Å². The number of fused-ring (bicyclic) bond motifs is 1. The number of amides is 1. The van der Waals surface area contributed by atoms with Gasteiger partial charge in [0.25, 0.3) is 5.95 Å². The van der Waals surface area contributed by atoms with E-state index in [0.717, 1.165) is 0 Å². The monoisotopic (exact) mass is 409 g/mol.